The summed E-state index contributed by atoms with van der Waals surface area (Å²) in [6, 6.07) is 11.2. The molecule has 0 aliphatic carbocycles. The molecule has 24 heavy (non-hydrogen) atoms. The molecular weight excluding hydrogens is 380 g/mol. The zero-order valence-electron chi connectivity index (χ0n) is 14.2. The highest BCUT2D eigenvalue weighted by Crippen LogP contribution is 2.37. The van der Waals surface area contributed by atoms with Gasteiger partial charge in [0.15, 0.2) is 0 Å². The second kappa shape index (κ2) is 8.32. The molecule has 0 atom stereocenters. The Morgan fingerprint density at radius 1 is 1.08 bits per heavy atom. The summed E-state index contributed by atoms with van der Waals surface area (Å²) < 4.78 is 1.17. The fourth-order valence-corrected chi connectivity index (χ4v) is 4.61. The van der Waals surface area contributed by atoms with Crippen LogP contribution in [0.1, 0.15) is 43.7 Å². The molecule has 128 valence electrons. The Labute approximate surface area is 156 Å². The molecule has 0 spiro atoms. The van der Waals surface area contributed by atoms with E-state index in [2.05, 4.69) is 58.2 Å². The molecule has 1 aromatic carbocycles. The van der Waals surface area contributed by atoms with E-state index in [9.17, 15) is 0 Å². The molecule has 0 radical (unpaired) electrons. The normalized spacial score (nSPS) is 11.5. The lowest BCUT2D eigenvalue weighted by Crippen LogP contribution is -1.99. The van der Waals surface area contributed by atoms with Crippen LogP contribution >= 0.6 is 27.3 Å². The number of hydrogen-bond acceptors (Lipinski definition) is 2. The van der Waals surface area contributed by atoms with Crippen LogP contribution in [-0.4, -0.2) is 11.5 Å². The van der Waals surface area contributed by atoms with Crippen LogP contribution in [0.4, 0.5) is 0 Å². The molecule has 4 heteroatoms. The quantitative estimate of drug-likeness (QED) is 0.425. The number of nitrogens with one attached hydrogen (secondary N) is 1. The SMILES string of the molecule is CCCCc1ccc2[nH]c(-c3ccc(Br)s3)c(CCCCN)c2c1. The van der Waals surface area contributed by atoms with Gasteiger partial charge in [-0.15, -0.1) is 11.3 Å². The Morgan fingerprint density at radius 2 is 1.96 bits per heavy atom. The number of benzene rings is 1. The zero-order valence-corrected chi connectivity index (χ0v) is 16.6. The molecule has 0 amide bonds. The summed E-state index contributed by atoms with van der Waals surface area (Å²) in [7, 11) is 0. The molecule has 2 heterocycles. The third-order valence-electron chi connectivity index (χ3n) is 4.49. The highest BCUT2D eigenvalue weighted by molar-refractivity contribution is 9.11. The third kappa shape index (κ3) is 3.93. The van der Waals surface area contributed by atoms with Gasteiger partial charge in [0, 0.05) is 10.9 Å². The van der Waals surface area contributed by atoms with Crippen molar-refractivity contribution in [2.45, 2.75) is 45.4 Å². The Morgan fingerprint density at radius 3 is 2.67 bits per heavy atom. The van der Waals surface area contributed by atoms with Crippen molar-refractivity contribution in [1.29, 1.82) is 0 Å². The number of aromatic nitrogens is 1. The van der Waals surface area contributed by atoms with Crippen LogP contribution in [0, 0.1) is 0 Å². The van der Waals surface area contributed by atoms with Gasteiger partial charge in [0.2, 0.25) is 0 Å². The van der Waals surface area contributed by atoms with Gasteiger partial charge in [-0.25, -0.2) is 0 Å². The second-order valence-corrected chi connectivity index (χ2v) is 8.77. The first-order chi connectivity index (χ1) is 11.7. The first kappa shape index (κ1) is 17.7. The Balaban J connectivity index is 2.03. The number of fused-ring (bicyclic) bond motifs is 1. The van der Waals surface area contributed by atoms with Crippen LogP contribution in [0.3, 0.4) is 0 Å². The predicted octanol–water partition coefficient (Wildman–Crippen LogP) is 6.28. The molecule has 0 fully saturated rings. The van der Waals surface area contributed by atoms with E-state index in [1.807, 2.05) is 0 Å². The molecular formula is C20H25BrN2S. The topological polar surface area (TPSA) is 41.8 Å². The monoisotopic (exact) mass is 404 g/mol. The van der Waals surface area contributed by atoms with Crippen molar-refractivity contribution in [2.24, 2.45) is 5.73 Å². The number of H-pyrrole nitrogens is 1. The second-order valence-electron chi connectivity index (χ2n) is 6.31. The van der Waals surface area contributed by atoms with Crippen LogP contribution in [-0.2, 0) is 12.8 Å². The van der Waals surface area contributed by atoms with Crippen LogP contribution in [0.2, 0.25) is 0 Å². The van der Waals surface area contributed by atoms with Gasteiger partial charge in [-0.3, -0.25) is 0 Å². The first-order valence-corrected chi connectivity index (χ1v) is 10.4. The van der Waals surface area contributed by atoms with Gasteiger partial charge in [0.05, 0.1) is 14.4 Å². The smallest absolute Gasteiger partial charge is 0.0705 e. The number of thiophene rings is 1. The lowest BCUT2D eigenvalue weighted by atomic mass is 10.0. The van der Waals surface area contributed by atoms with Crippen molar-refractivity contribution < 1.29 is 0 Å². The molecule has 0 saturated heterocycles. The van der Waals surface area contributed by atoms with Crippen molar-refractivity contribution in [3.63, 3.8) is 0 Å². The van der Waals surface area contributed by atoms with Gasteiger partial charge >= 0.3 is 0 Å². The summed E-state index contributed by atoms with van der Waals surface area (Å²) >= 11 is 5.38. The number of unbranched alkanes of at least 4 members (excludes halogenated alkanes) is 2. The highest BCUT2D eigenvalue weighted by atomic mass is 79.9. The van der Waals surface area contributed by atoms with Crippen LogP contribution in [0.15, 0.2) is 34.1 Å². The molecule has 0 aliphatic rings. The van der Waals surface area contributed by atoms with Gasteiger partial charge in [0.25, 0.3) is 0 Å². The minimum Gasteiger partial charge on any atom is -0.354 e. The first-order valence-electron chi connectivity index (χ1n) is 8.82. The van der Waals surface area contributed by atoms with Crippen LogP contribution in [0.25, 0.3) is 21.5 Å². The number of aryl methyl sites for hydroxylation is 2. The maximum Gasteiger partial charge on any atom is 0.0705 e. The van der Waals surface area contributed by atoms with Crippen molar-refractivity contribution in [3.05, 3.63) is 45.2 Å². The minimum atomic E-state index is 0.768. The molecule has 3 rings (SSSR count). The van der Waals surface area contributed by atoms with Crippen molar-refractivity contribution in [1.82, 2.24) is 4.98 Å². The standard InChI is InChI=1S/C20H25BrN2S/c1-2-3-6-14-8-9-17-16(13-14)15(7-4-5-12-22)20(23-17)18-10-11-19(21)24-18/h8-11,13,23H,2-7,12,22H2,1H3. The lowest BCUT2D eigenvalue weighted by molar-refractivity contribution is 0.748. The number of nitrogens with two attached hydrogens (primary N) is 1. The summed E-state index contributed by atoms with van der Waals surface area (Å²) in [4.78, 5) is 4.96. The zero-order chi connectivity index (χ0) is 16.9. The molecule has 3 aromatic rings. The fraction of sp³-hybridized carbons (Fsp3) is 0.400. The largest absolute Gasteiger partial charge is 0.354 e. The van der Waals surface area contributed by atoms with Gasteiger partial charge in [-0.1, -0.05) is 19.4 Å². The molecule has 2 aromatic heterocycles. The van der Waals surface area contributed by atoms with E-state index in [1.54, 1.807) is 11.3 Å². The maximum atomic E-state index is 5.70. The minimum absolute atomic E-state index is 0.768. The fourth-order valence-electron chi connectivity index (χ4n) is 3.20. The summed E-state index contributed by atoms with van der Waals surface area (Å²) in [5.41, 5.74) is 11.1. The molecule has 0 aliphatic heterocycles. The molecule has 2 nitrogen and oxygen atoms in total. The Kier molecular flexibility index (Phi) is 6.14. The van der Waals surface area contributed by atoms with E-state index >= 15 is 0 Å². The number of aromatic amines is 1. The average Bonchev–Trinajstić information content (AvgIpc) is 3.17. The summed E-state index contributed by atoms with van der Waals surface area (Å²) in [5.74, 6) is 0. The predicted molar refractivity (Wildman–Crippen MR) is 110 cm³/mol. The van der Waals surface area contributed by atoms with E-state index in [0.29, 0.717) is 0 Å². The van der Waals surface area contributed by atoms with Gasteiger partial charge < -0.3 is 10.7 Å². The third-order valence-corrected chi connectivity index (χ3v) is 6.13. The number of halogens is 1. The van der Waals surface area contributed by atoms with Crippen molar-refractivity contribution in [2.75, 3.05) is 6.54 Å². The summed E-state index contributed by atoms with van der Waals surface area (Å²) in [6.07, 6.45) is 6.96. The van der Waals surface area contributed by atoms with Crippen LogP contribution in [0.5, 0.6) is 0 Å². The maximum absolute atomic E-state index is 5.70. The number of rotatable bonds is 8. The highest BCUT2D eigenvalue weighted by Gasteiger charge is 2.15. The van der Waals surface area contributed by atoms with Gasteiger partial charge in [0.1, 0.15) is 0 Å². The average molecular weight is 405 g/mol. The van der Waals surface area contributed by atoms with Gasteiger partial charge in [-0.2, -0.15) is 0 Å². The van der Waals surface area contributed by atoms with E-state index in [0.717, 1.165) is 25.8 Å². The van der Waals surface area contributed by atoms with E-state index < -0.39 is 0 Å². The van der Waals surface area contributed by atoms with Crippen molar-refractivity contribution in [3.8, 4) is 10.6 Å². The van der Waals surface area contributed by atoms with Crippen LogP contribution < -0.4 is 5.73 Å². The summed E-state index contributed by atoms with van der Waals surface area (Å²) in [6.45, 7) is 3.02. The van der Waals surface area contributed by atoms with E-state index in [4.69, 9.17) is 5.73 Å². The lowest BCUT2D eigenvalue weighted by Gasteiger charge is -2.05. The Hall–Kier alpha value is -1.10. The van der Waals surface area contributed by atoms with E-state index in [-0.39, 0.29) is 0 Å². The van der Waals surface area contributed by atoms with Crippen molar-refractivity contribution >= 4 is 38.2 Å². The van der Waals surface area contributed by atoms with Gasteiger partial charge in [-0.05, 0) is 90.0 Å². The van der Waals surface area contributed by atoms with E-state index in [1.165, 1.54) is 55.6 Å². The summed E-state index contributed by atoms with van der Waals surface area (Å²) in [5, 5.41) is 1.39. The number of hydrogen-bond donors (Lipinski definition) is 2. The molecule has 0 unspecified atom stereocenters. The Bertz CT molecular complexity index is 803. The molecule has 0 bridgehead atoms. The molecule has 0 saturated carbocycles. The molecule has 3 N–H and O–H groups in total.